The molecule has 0 saturated carbocycles. The van der Waals surface area contributed by atoms with Gasteiger partial charge in [-0.25, -0.2) is 0 Å². The number of hydrogen-bond acceptors (Lipinski definition) is 6. The molecule has 142 valence electrons. The van der Waals surface area contributed by atoms with Crippen molar-refractivity contribution in [2.45, 2.75) is 32.9 Å². The van der Waals surface area contributed by atoms with Crippen LogP contribution < -0.4 is 11.1 Å². The standard InChI is InChI=1S/C20H27N7/c1-14-4-3-9-27(12-14)13-16-7-5-15(6-8-16)10-22-20-24-18(21)17-11-23-26(2)19(17)25-20/h5-8,11,14H,3-4,9-10,12-13H2,1-2H3,(H3,21,22,24,25). The minimum absolute atomic E-state index is 0.446. The molecule has 7 nitrogen and oxygen atoms in total. The van der Waals surface area contributed by atoms with Crippen LogP contribution in [-0.4, -0.2) is 37.7 Å². The number of nitrogens with two attached hydrogens (primary N) is 1. The summed E-state index contributed by atoms with van der Waals surface area (Å²) in [7, 11) is 1.85. The highest BCUT2D eigenvalue weighted by molar-refractivity contribution is 5.86. The number of anilines is 2. The molecular formula is C20H27N7. The largest absolute Gasteiger partial charge is 0.383 e. The zero-order valence-electron chi connectivity index (χ0n) is 16.0. The van der Waals surface area contributed by atoms with Gasteiger partial charge in [0.2, 0.25) is 5.95 Å². The third-order valence-corrected chi connectivity index (χ3v) is 5.24. The number of likely N-dealkylation sites (tertiary alicyclic amines) is 1. The summed E-state index contributed by atoms with van der Waals surface area (Å²) in [5, 5.41) is 8.22. The van der Waals surface area contributed by atoms with Crippen molar-refractivity contribution in [2.24, 2.45) is 13.0 Å². The van der Waals surface area contributed by atoms with E-state index in [0.29, 0.717) is 18.3 Å². The number of benzene rings is 1. The van der Waals surface area contributed by atoms with Gasteiger partial charge in [0.15, 0.2) is 5.65 Å². The van der Waals surface area contributed by atoms with Gasteiger partial charge >= 0.3 is 0 Å². The number of nitrogens with zero attached hydrogens (tertiary/aromatic N) is 5. The molecule has 3 aromatic rings. The molecule has 3 N–H and O–H groups in total. The second-order valence-corrected chi connectivity index (χ2v) is 7.59. The lowest BCUT2D eigenvalue weighted by atomic mass is 9.99. The fraction of sp³-hybridized carbons (Fsp3) is 0.450. The predicted octanol–water partition coefficient (Wildman–Crippen LogP) is 2.79. The lowest BCUT2D eigenvalue weighted by molar-refractivity contribution is 0.176. The van der Waals surface area contributed by atoms with Crippen LogP contribution >= 0.6 is 0 Å². The molecule has 0 aliphatic carbocycles. The molecule has 7 heteroatoms. The Morgan fingerprint density at radius 1 is 1.19 bits per heavy atom. The van der Waals surface area contributed by atoms with Gasteiger partial charge in [-0.3, -0.25) is 9.58 Å². The van der Waals surface area contributed by atoms with Crippen LogP contribution in [0.3, 0.4) is 0 Å². The zero-order valence-corrected chi connectivity index (χ0v) is 16.0. The van der Waals surface area contributed by atoms with E-state index in [1.807, 2.05) is 7.05 Å². The summed E-state index contributed by atoms with van der Waals surface area (Å²) in [6.45, 7) is 6.46. The van der Waals surface area contributed by atoms with Crippen LogP contribution in [0.4, 0.5) is 11.8 Å². The van der Waals surface area contributed by atoms with Crippen LogP contribution in [0.15, 0.2) is 30.5 Å². The van der Waals surface area contributed by atoms with Gasteiger partial charge in [-0.15, -0.1) is 0 Å². The molecule has 1 unspecified atom stereocenters. The minimum Gasteiger partial charge on any atom is -0.383 e. The average molecular weight is 365 g/mol. The van der Waals surface area contributed by atoms with Gasteiger partial charge in [-0.05, 0) is 36.4 Å². The molecule has 1 fully saturated rings. The van der Waals surface area contributed by atoms with Crippen molar-refractivity contribution in [3.05, 3.63) is 41.6 Å². The minimum atomic E-state index is 0.446. The van der Waals surface area contributed by atoms with Gasteiger partial charge in [-0.2, -0.15) is 15.1 Å². The molecule has 1 aromatic carbocycles. The van der Waals surface area contributed by atoms with E-state index in [9.17, 15) is 0 Å². The molecule has 1 atom stereocenters. The van der Waals surface area contributed by atoms with Gasteiger partial charge in [0.05, 0.1) is 11.6 Å². The molecule has 3 heterocycles. The van der Waals surface area contributed by atoms with Crippen LogP contribution in [0.2, 0.25) is 0 Å². The first-order valence-corrected chi connectivity index (χ1v) is 9.58. The molecule has 1 aliphatic heterocycles. The van der Waals surface area contributed by atoms with Gasteiger partial charge in [0.25, 0.3) is 0 Å². The summed E-state index contributed by atoms with van der Waals surface area (Å²) in [4.78, 5) is 11.4. The Labute approximate surface area is 159 Å². The number of aryl methyl sites for hydroxylation is 1. The molecule has 0 spiro atoms. The van der Waals surface area contributed by atoms with E-state index in [1.165, 1.54) is 37.1 Å². The Balaban J connectivity index is 1.38. The zero-order chi connectivity index (χ0) is 18.8. The van der Waals surface area contributed by atoms with Crippen molar-refractivity contribution < 1.29 is 0 Å². The second kappa shape index (κ2) is 7.52. The Bertz CT molecular complexity index is 916. The summed E-state index contributed by atoms with van der Waals surface area (Å²) >= 11 is 0. The van der Waals surface area contributed by atoms with Gasteiger partial charge in [0, 0.05) is 26.7 Å². The third-order valence-electron chi connectivity index (χ3n) is 5.24. The fourth-order valence-electron chi connectivity index (χ4n) is 3.76. The Kier molecular flexibility index (Phi) is 4.94. The van der Waals surface area contributed by atoms with E-state index in [2.05, 4.69) is 56.5 Å². The highest BCUT2D eigenvalue weighted by Crippen LogP contribution is 2.20. The maximum Gasteiger partial charge on any atom is 0.226 e. The van der Waals surface area contributed by atoms with Crippen molar-refractivity contribution in [1.82, 2.24) is 24.6 Å². The first-order chi connectivity index (χ1) is 13.1. The maximum atomic E-state index is 6.01. The fourth-order valence-corrected chi connectivity index (χ4v) is 3.76. The summed E-state index contributed by atoms with van der Waals surface area (Å²) in [6.07, 6.45) is 4.36. The number of hydrogen-bond donors (Lipinski definition) is 2. The number of fused-ring (bicyclic) bond motifs is 1. The average Bonchev–Trinajstić information content (AvgIpc) is 3.03. The molecule has 0 amide bonds. The van der Waals surface area contributed by atoms with Crippen LogP contribution in [0.5, 0.6) is 0 Å². The molecule has 2 aromatic heterocycles. The molecule has 4 rings (SSSR count). The Morgan fingerprint density at radius 3 is 2.74 bits per heavy atom. The SMILES string of the molecule is CC1CCCN(Cc2ccc(CNc3nc(N)c4cnn(C)c4n3)cc2)C1. The number of piperidine rings is 1. The normalized spacial score (nSPS) is 18.1. The highest BCUT2D eigenvalue weighted by Gasteiger charge is 2.16. The topological polar surface area (TPSA) is 84.9 Å². The quantitative estimate of drug-likeness (QED) is 0.723. The molecule has 1 aliphatic rings. The number of aromatic nitrogens is 4. The van der Waals surface area contributed by atoms with Crippen LogP contribution in [0.25, 0.3) is 11.0 Å². The molecule has 0 radical (unpaired) electrons. The van der Waals surface area contributed by atoms with E-state index in [1.54, 1.807) is 10.9 Å². The van der Waals surface area contributed by atoms with Crippen LogP contribution in [0, 0.1) is 5.92 Å². The summed E-state index contributed by atoms with van der Waals surface area (Å²) < 4.78 is 1.70. The smallest absolute Gasteiger partial charge is 0.226 e. The molecule has 27 heavy (non-hydrogen) atoms. The molecule has 1 saturated heterocycles. The lowest BCUT2D eigenvalue weighted by Gasteiger charge is -2.30. The maximum absolute atomic E-state index is 6.01. The van der Waals surface area contributed by atoms with E-state index in [0.717, 1.165) is 23.5 Å². The van der Waals surface area contributed by atoms with Crippen molar-refractivity contribution in [1.29, 1.82) is 0 Å². The van der Waals surface area contributed by atoms with Gasteiger partial charge in [0.1, 0.15) is 5.82 Å². The van der Waals surface area contributed by atoms with E-state index in [4.69, 9.17) is 5.73 Å². The third kappa shape index (κ3) is 4.03. The summed E-state index contributed by atoms with van der Waals surface area (Å²) in [5.41, 5.74) is 9.30. The number of rotatable bonds is 5. The van der Waals surface area contributed by atoms with Gasteiger partial charge in [-0.1, -0.05) is 31.2 Å². The summed E-state index contributed by atoms with van der Waals surface area (Å²) in [6, 6.07) is 8.77. The van der Waals surface area contributed by atoms with E-state index in [-0.39, 0.29) is 0 Å². The van der Waals surface area contributed by atoms with Crippen LogP contribution in [0.1, 0.15) is 30.9 Å². The van der Waals surface area contributed by atoms with Gasteiger partial charge < -0.3 is 11.1 Å². The molecular weight excluding hydrogens is 338 g/mol. The summed E-state index contributed by atoms with van der Waals surface area (Å²) in [5.74, 6) is 1.78. The first-order valence-electron chi connectivity index (χ1n) is 9.58. The monoisotopic (exact) mass is 365 g/mol. The number of nitrogen functional groups attached to an aromatic ring is 1. The Morgan fingerprint density at radius 2 is 1.96 bits per heavy atom. The number of nitrogens with one attached hydrogen (secondary N) is 1. The van der Waals surface area contributed by atoms with Crippen molar-refractivity contribution in [2.75, 3.05) is 24.1 Å². The van der Waals surface area contributed by atoms with Crippen molar-refractivity contribution >= 4 is 22.8 Å². The lowest BCUT2D eigenvalue weighted by Crippen LogP contribution is -2.33. The second-order valence-electron chi connectivity index (χ2n) is 7.59. The molecule has 0 bridgehead atoms. The van der Waals surface area contributed by atoms with Crippen molar-refractivity contribution in [3.63, 3.8) is 0 Å². The Hall–Kier alpha value is -2.67. The highest BCUT2D eigenvalue weighted by atomic mass is 15.3. The van der Waals surface area contributed by atoms with E-state index >= 15 is 0 Å². The predicted molar refractivity (Wildman–Crippen MR) is 108 cm³/mol. The van der Waals surface area contributed by atoms with E-state index < -0.39 is 0 Å². The van der Waals surface area contributed by atoms with Crippen LogP contribution in [-0.2, 0) is 20.1 Å². The first kappa shape index (κ1) is 17.7. The van der Waals surface area contributed by atoms with Crippen molar-refractivity contribution in [3.8, 4) is 0 Å².